The second kappa shape index (κ2) is 9.62. The molecule has 6 heteroatoms. The Balaban J connectivity index is 4.64. The highest BCUT2D eigenvalue weighted by atomic mass is 32.7. The average molecular weight is 306 g/mol. The molecule has 0 saturated carbocycles. The van der Waals surface area contributed by atoms with Gasteiger partial charge in [-0.25, -0.2) is 5.09 Å². The van der Waals surface area contributed by atoms with Crippen LogP contribution in [0.25, 0.3) is 0 Å². The number of unbranched alkanes of at least 4 members (excludes halogenated alkanes) is 2. The third-order valence-corrected chi connectivity index (χ3v) is 8.63. The van der Waals surface area contributed by atoms with Gasteiger partial charge in [-0.3, -0.25) is 14.0 Å². The monoisotopic (exact) mass is 306 g/mol. The lowest BCUT2D eigenvalue weighted by atomic mass is 10.2. The minimum Gasteiger partial charge on any atom is -0.273 e. The van der Waals surface area contributed by atoms with Gasteiger partial charge in [0.25, 0.3) is 12.6 Å². The standard InChI is InChI=1S/C13H27N2O2PS/c1-6-8-9-10-11-13(16)15(5)18(17,14-4)19-12(3)7-2/h10-12H,6-9H2,1-5H3,(H,14,17). The average Bonchev–Trinajstić information content (AvgIpc) is 2.42. The molecule has 0 aliphatic carbocycles. The first kappa shape index (κ1) is 18.8. The first-order valence-corrected chi connectivity index (χ1v) is 9.97. The van der Waals surface area contributed by atoms with Crippen molar-refractivity contribution in [2.24, 2.45) is 0 Å². The van der Waals surface area contributed by atoms with Gasteiger partial charge in [0.05, 0.1) is 0 Å². The normalized spacial score (nSPS) is 16.3. The molecule has 19 heavy (non-hydrogen) atoms. The summed E-state index contributed by atoms with van der Waals surface area (Å²) in [6, 6.07) is 0. The van der Waals surface area contributed by atoms with E-state index in [0.717, 1.165) is 25.7 Å². The number of hydrogen-bond donors (Lipinski definition) is 1. The van der Waals surface area contributed by atoms with Gasteiger partial charge in [-0.15, -0.1) is 0 Å². The van der Waals surface area contributed by atoms with Crippen molar-refractivity contribution in [3.63, 3.8) is 0 Å². The van der Waals surface area contributed by atoms with Crippen LogP contribution in [-0.2, 0) is 9.36 Å². The lowest BCUT2D eigenvalue weighted by molar-refractivity contribution is -0.120. The van der Waals surface area contributed by atoms with Crippen molar-refractivity contribution < 1.29 is 9.36 Å². The second-order valence-corrected chi connectivity index (χ2v) is 9.70. The lowest BCUT2D eigenvalue weighted by Crippen LogP contribution is -2.26. The van der Waals surface area contributed by atoms with Crippen LogP contribution in [0.15, 0.2) is 12.2 Å². The molecule has 0 saturated heterocycles. The molecule has 0 aromatic carbocycles. The van der Waals surface area contributed by atoms with E-state index in [1.165, 1.54) is 22.1 Å². The maximum Gasteiger partial charge on any atom is 0.294 e. The number of carbonyl (C=O) groups is 1. The van der Waals surface area contributed by atoms with Gasteiger partial charge >= 0.3 is 0 Å². The van der Waals surface area contributed by atoms with Crippen molar-refractivity contribution in [3.8, 4) is 0 Å². The van der Waals surface area contributed by atoms with Crippen LogP contribution >= 0.6 is 18.0 Å². The molecule has 0 spiro atoms. The molecule has 1 N–H and O–H groups in total. The minimum atomic E-state index is -2.88. The van der Waals surface area contributed by atoms with E-state index in [9.17, 15) is 9.36 Å². The fourth-order valence-electron chi connectivity index (χ4n) is 1.34. The molecule has 4 nitrogen and oxygen atoms in total. The van der Waals surface area contributed by atoms with Crippen molar-refractivity contribution in [2.75, 3.05) is 14.1 Å². The molecule has 112 valence electrons. The van der Waals surface area contributed by atoms with Gasteiger partial charge in [0, 0.05) is 12.3 Å². The van der Waals surface area contributed by atoms with Gasteiger partial charge in [0.1, 0.15) is 0 Å². The van der Waals surface area contributed by atoms with E-state index in [4.69, 9.17) is 0 Å². The predicted molar refractivity (Wildman–Crippen MR) is 85.4 cm³/mol. The SMILES string of the molecule is CCCCC=CC(=O)N(C)P(=O)(NC)SC(C)CC. The topological polar surface area (TPSA) is 49.4 Å². The largest absolute Gasteiger partial charge is 0.294 e. The third kappa shape index (κ3) is 6.64. The summed E-state index contributed by atoms with van der Waals surface area (Å²) in [5.41, 5.74) is 0. The molecule has 0 rings (SSSR count). The van der Waals surface area contributed by atoms with Crippen LogP contribution in [-0.4, -0.2) is 29.9 Å². The molecule has 2 unspecified atom stereocenters. The molecular formula is C13H27N2O2PS. The molecule has 0 aromatic rings. The van der Waals surface area contributed by atoms with Gasteiger partial charge in [-0.05, 0) is 26.0 Å². The molecule has 1 amide bonds. The quantitative estimate of drug-likeness (QED) is 0.396. The number of nitrogens with one attached hydrogen (secondary N) is 1. The Morgan fingerprint density at radius 1 is 1.47 bits per heavy atom. The summed E-state index contributed by atoms with van der Waals surface area (Å²) in [6.07, 6.45) is 7.36. The summed E-state index contributed by atoms with van der Waals surface area (Å²) in [7, 11) is 3.24. The van der Waals surface area contributed by atoms with Crippen molar-refractivity contribution in [1.29, 1.82) is 0 Å². The van der Waals surface area contributed by atoms with Crippen molar-refractivity contribution in [1.82, 2.24) is 9.76 Å². The Morgan fingerprint density at radius 2 is 2.11 bits per heavy atom. The molecule has 0 fully saturated rings. The van der Waals surface area contributed by atoms with Crippen LogP contribution in [0.1, 0.15) is 46.5 Å². The van der Waals surface area contributed by atoms with Crippen LogP contribution in [0.3, 0.4) is 0 Å². The summed E-state index contributed by atoms with van der Waals surface area (Å²) in [5, 5.41) is 3.06. The highest BCUT2D eigenvalue weighted by Crippen LogP contribution is 2.59. The highest BCUT2D eigenvalue weighted by molar-refractivity contribution is 8.57. The van der Waals surface area contributed by atoms with Gasteiger partial charge in [0.15, 0.2) is 0 Å². The Hall–Kier alpha value is -0.250. The van der Waals surface area contributed by atoms with Crippen LogP contribution in [0, 0.1) is 0 Å². The van der Waals surface area contributed by atoms with Crippen LogP contribution in [0.2, 0.25) is 0 Å². The Bertz CT molecular complexity index is 348. The van der Waals surface area contributed by atoms with Crippen LogP contribution in [0.4, 0.5) is 0 Å². The van der Waals surface area contributed by atoms with E-state index in [-0.39, 0.29) is 11.2 Å². The van der Waals surface area contributed by atoms with Crippen LogP contribution in [0.5, 0.6) is 0 Å². The smallest absolute Gasteiger partial charge is 0.273 e. The van der Waals surface area contributed by atoms with Gasteiger partial charge in [0.2, 0.25) is 0 Å². The van der Waals surface area contributed by atoms with Crippen molar-refractivity contribution in [3.05, 3.63) is 12.2 Å². The third-order valence-electron chi connectivity index (χ3n) is 2.88. The molecule has 0 aromatic heterocycles. The summed E-state index contributed by atoms with van der Waals surface area (Å²) in [4.78, 5) is 12.0. The van der Waals surface area contributed by atoms with E-state index < -0.39 is 6.65 Å². The Morgan fingerprint density at radius 3 is 2.58 bits per heavy atom. The number of rotatable bonds is 9. The minimum absolute atomic E-state index is 0.204. The van der Waals surface area contributed by atoms with E-state index >= 15 is 0 Å². The highest BCUT2D eigenvalue weighted by Gasteiger charge is 2.31. The fourth-order valence-corrected chi connectivity index (χ4v) is 5.74. The van der Waals surface area contributed by atoms with E-state index in [1.807, 2.05) is 19.9 Å². The number of hydrogen-bond acceptors (Lipinski definition) is 3. The molecule has 0 bridgehead atoms. The van der Waals surface area contributed by atoms with E-state index in [0.29, 0.717) is 0 Å². The zero-order valence-electron chi connectivity index (χ0n) is 12.7. The first-order chi connectivity index (χ1) is 8.91. The maximum absolute atomic E-state index is 12.7. The Labute approximate surface area is 121 Å². The van der Waals surface area contributed by atoms with Gasteiger partial charge in [-0.2, -0.15) is 0 Å². The molecule has 0 radical (unpaired) electrons. The molecule has 2 atom stereocenters. The number of amides is 1. The fraction of sp³-hybridized carbons (Fsp3) is 0.769. The number of allylic oxidation sites excluding steroid dienone is 1. The Kier molecular flexibility index (Phi) is 9.50. The zero-order valence-corrected chi connectivity index (χ0v) is 14.4. The zero-order chi connectivity index (χ0) is 14.9. The maximum atomic E-state index is 12.7. The molecular weight excluding hydrogens is 279 g/mol. The molecule has 0 heterocycles. The summed E-state index contributed by atoms with van der Waals surface area (Å²) in [5.74, 6) is -0.204. The first-order valence-electron chi connectivity index (χ1n) is 6.83. The van der Waals surface area contributed by atoms with Gasteiger partial charge < -0.3 is 0 Å². The van der Waals surface area contributed by atoms with E-state index in [1.54, 1.807) is 14.1 Å². The van der Waals surface area contributed by atoms with Crippen molar-refractivity contribution in [2.45, 2.75) is 51.7 Å². The number of carbonyl (C=O) groups excluding carboxylic acids is 1. The van der Waals surface area contributed by atoms with E-state index in [2.05, 4.69) is 12.0 Å². The van der Waals surface area contributed by atoms with Crippen LogP contribution < -0.4 is 5.09 Å². The van der Waals surface area contributed by atoms with Gasteiger partial charge in [-0.1, -0.05) is 51.1 Å². The van der Waals surface area contributed by atoms with Crippen molar-refractivity contribution >= 4 is 23.9 Å². The summed E-state index contributed by atoms with van der Waals surface area (Å²) in [6.45, 7) is 3.30. The summed E-state index contributed by atoms with van der Waals surface area (Å²) >= 11 is 1.34. The molecule has 0 aliphatic heterocycles. The molecule has 0 aliphatic rings. The number of likely N-dealkylation sites (N-methyl/N-ethyl adjacent to an activating group) is 1. The summed E-state index contributed by atoms with van der Waals surface area (Å²) < 4.78 is 14.0. The predicted octanol–water partition coefficient (Wildman–Crippen LogP) is 4.05. The second-order valence-electron chi connectivity index (χ2n) is 4.47. The number of nitrogens with zero attached hydrogens (tertiary/aromatic N) is 1. The lowest BCUT2D eigenvalue weighted by Gasteiger charge is -2.28.